The Hall–Kier alpha value is -1.55. The van der Waals surface area contributed by atoms with E-state index < -0.39 is 0 Å². The maximum Gasteiger partial charge on any atom is 0.226 e. The van der Waals surface area contributed by atoms with E-state index in [4.69, 9.17) is 5.11 Å². The van der Waals surface area contributed by atoms with Gasteiger partial charge < -0.3 is 15.1 Å². The first-order valence-electron chi connectivity index (χ1n) is 5.91. The van der Waals surface area contributed by atoms with E-state index in [2.05, 4.69) is 0 Å². The predicted octanol–water partition coefficient (Wildman–Crippen LogP) is 0.699. The Balaban J connectivity index is 1.64. The smallest absolute Gasteiger partial charge is 0.226 e. The number of nitrogens with zero attached hydrogens (tertiary/aromatic N) is 1. The molecule has 3 rings (SSSR count). The van der Waals surface area contributed by atoms with Gasteiger partial charge in [0.05, 0.1) is 6.10 Å². The molecule has 0 unspecified atom stereocenters. The van der Waals surface area contributed by atoms with Gasteiger partial charge in [-0.3, -0.25) is 4.79 Å². The van der Waals surface area contributed by atoms with Crippen LogP contribution in [-0.2, 0) is 4.79 Å². The van der Waals surface area contributed by atoms with Crippen LogP contribution in [0.5, 0.6) is 5.75 Å². The highest BCUT2D eigenvalue weighted by Gasteiger charge is 2.47. The number of hydrogen-bond donors (Lipinski definition) is 2. The highest BCUT2D eigenvalue weighted by atomic mass is 16.3. The molecule has 0 spiro atoms. The molecule has 1 amide bonds. The number of hydrogen-bond acceptors (Lipinski definition) is 3. The average molecular weight is 233 g/mol. The molecule has 4 heteroatoms. The summed E-state index contributed by atoms with van der Waals surface area (Å²) in [6.45, 7) is 0.949. The van der Waals surface area contributed by atoms with E-state index in [1.54, 1.807) is 23.1 Å². The van der Waals surface area contributed by atoms with E-state index in [9.17, 15) is 9.90 Å². The lowest BCUT2D eigenvalue weighted by Crippen LogP contribution is -2.54. The van der Waals surface area contributed by atoms with Crippen LogP contribution in [0.4, 0.5) is 0 Å². The molecule has 17 heavy (non-hydrogen) atoms. The van der Waals surface area contributed by atoms with Crippen molar-refractivity contribution in [3.8, 4) is 5.75 Å². The summed E-state index contributed by atoms with van der Waals surface area (Å²) in [7, 11) is 0. The lowest BCUT2D eigenvalue weighted by Gasteiger charge is -2.36. The van der Waals surface area contributed by atoms with Crippen LogP contribution in [0.3, 0.4) is 0 Å². The largest absolute Gasteiger partial charge is 0.508 e. The lowest BCUT2D eigenvalue weighted by molar-refractivity contribution is -0.142. The molecule has 1 aromatic carbocycles. The third-order valence-corrected chi connectivity index (χ3v) is 3.58. The number of phenolic OH excluding ortho intramolecular Hbond substituents is 1. The van der Waals surface area contributed by atoms with Gasteiger partial charge in [-0.25, -0.2) is 0 Å². The summed E-state index contributed by atoms with van der Waals surface area (Å²) in [5, 5.41) is 18.5. The number of aliphatic hydroxyl groups excluding tert-OH is 1. The molecule has 2 atom stereocenters. The van der Waals surface area contributed by atoms with E-state index in [1.165, 1.54) is 0 Å². The Labute approximate surface area is 99.5 Å². The van der Waals surface area contributed by atoms with Crippen LogP contribution in [0, 0.1) is 5.92 Å². The highest BCUT2D eigenvalue weighted by molar-refractivity contribution is 5.83. The summed E-state index contributed by atoms with van der Waals surface area (Å²) < 4.78 is 0. The molecule has 0 bridgehead atoms. The third kappa shape index (κ3) is 1.89. The number of aliphatic hydroxyl groups is 1. The maximum atomic E-state index is 12.0. The van der Waals surface area contributed by atoms with Gasteiger partial charge in [-0.1, -0.05) is 12.1 Å². The fourth-order valence-electron chi connectivity index (χ4n) is 2.46. The second kappa shape index (κ2) is 3.74. The summed E-state index contributed by atoms with van der Waals surface area (Å²) in [6, 6.07) is 7.11. The number of carbonyl (C=O) groups excluding carboxylic acids is 1. The number of carbonyl (C=O) groups is 1. The second-order valence-electron chi connectivity index (χ2n) is 4.94. The minimum Gasteiger partial charge on any atom is -0.508 e. The molecule has 1 heterocycles. The molecule has 1 saturated heterocycles. The van der Waals surface area contributed by atoms with Gasteiger partial charge in [0.2, 0.25) is 5.91 Å². The molecule has 2 fully saturated rings. The molecule has 0 radical (unpaired) electrons. The van der Waals surface area contributed by atoms with Crippen molar-refractivity contribution in [2.45, 2.75) is 18.4 Å². The Morgan fingerprint density at radius 3 is 2.76 bits per heavy atom. The maximum absolute atomic E-state index is 12.0. The Kier molecular flexibility index (Phi) is 2.33. The zero-order chi connectivity index (χ0) is 12.0. The van der Waals surface area contributed by atoms with Crippen molar-refractivity contribution in [2.24, 2.45) is 5.92 Å². The summed E-state index contributed by atoms with van der Waals surface area (Å²) in [6.07, 6.45) is 0.520. The molecule has 90 valence electrons. The van der Waals surface area contributed by atoms with E-state index in [-0.39, 0.29) is 29.6 Å². The summed E-state index contributed by atoms with van der Waals surface area (Å²) in [5.74, 6) is 0.681. The number of phenols is 1. The SMILES string of the molecule is O=C([C@@H]1C[C@H]1c1cccc(O)c1)N1CC(O)C1. The number of benzene rings is 1. The van der Waals surface area contributed by atoms with E-state index >= 15 is 0 Å². The molecule has 0 aromatic heterocycles. The van der Waals surface area contributed by atoms with Gasteiger partial charge in [0.1, 0.15) is 5.75 Å². The number of amides is 1. The first-order chi connectivity index (χ1) is 8.15. The van der Waals surface area contributed by atoms with Crippen molar-refractivity contribution in [3.63, 3.8) is 0 Å². The van der Waals surface area contributed by atoms with Crippen molar-refractivity contribution >= 4 is 5.91 Å². The zero-order valence-corrected chi connectivity index (χ0v) is 9.41. The van der Waals surface area contributed by atoms with Gasteiger partial charge in [-0.2, -0.15) is 0 Å². The van der Waals surface area contributed by atoms with Crippen molar-refractivity contribution in [3.05, 3.63) is 29.8 Å². The van der Waals surface area contributed by atoms with Crippen LogP contribution < -0.4 is 0 Å². The molecule has 1 aliphatic heterocycles. The average Bonchev–Trinajstić information content (AvgIpc) is 3.04. The van der Waals surface area contributed by atoms with Crippen LogP contribution in [0.15, 0.2) is 24.3 Å². The van der Waals surface area contributed by atoms with Crippen molar-refractivity contribution in [2.75, 3.05) is 13.1 Å². The molecular formula is C13H15NO3. The zero-order valence-electron chi connectivity index (χ0n) is 9.41. The third-order valence-electron chi connectivity index (χ3n) is 3.58. The van der Waals surface area contributed by atoms with Gasteiger partial charge in [-0.15, -0.1) is 0 Å². The van der Waals surface area contributed by atoms with Crippen molar-refractivity contribution in [1.29, 1.82) is 0 Å². The second-order valence-corrected chi connectivity index (χ2v) is 4.94. The van der Waals surface area contributed by atoms with Crippen LogP contribution in [0.1, 0.15) is 17.9 Å². The normalized spacial score (nSPS) is 27.7. The van der Waals surface area contributed by atoms with Crippen molar-refractivity contribution < 1.29 is 15.0 Å². The van der Waals surface area contributed by atoms with E-state index in [0.29, 0.717) is 13.1 Å². The van der Waals surface area contributed by atoms with Crippen molar-refractivity contribution in [1.82, 2.24) is 4.90 Å². The minimum atomic E-state index is -0.336. The quantitative estimate of drug-likeness (QED) is 0.790. The first-order valence-corrected chi connectivity index (χ1v) is 5.91. The van der Waals surface area contributed by atoms with Gasteiger partial charge in [-0.05, 0) is 30.0 Å². The fourth-order valence-corrected chi connectivity index (χ4v) is 2.46. The van der Waals surface area contributed by atoms with Crippen LogP contribution in [0.25, 0.3) is 0 Å². The van der Waals surface area contributed by atoms with E-state index in [0.717, 1.165) is 12.0 Å². The standard InChI is InChI=1S/C13H15NO3/c15-9-3-1-2-8(4-9)11-5-12(11)13(17)14-6-10(16)7-14/h1-4,10-12,15-16H,5-7H2/t11-,12+/m0/s1. The number of β-amino-alcohol motifs (C(OH)–C–C–N with tert-alkyl or cyclic N) is 1. The lowest BCUT2D eigenvalue weighted by atomic mass is 10.1. The predicted molar refractivity (Wildman–Crippen MR) is 61.5 cm³/mol. The molecule has 1 aliphatic carbocycles. The number of likely N-dealkylation sites (tertiary alicyclic amines) is 1. The minimum absolute atomic E-state index is 0.0456. The molecule has 4 nitrogen and oxygen atoms in total. The van der Waals surface area contributed by atoms with Gasteiger partial charge in [0.25, 0.3) is 0 Å². The van der Waals surface area contributed by atoms with Gasteiger partial charge in [0.15, 0.2) is 0 Å². The molecule has 2 aliphatic rings. The topological polar surface area (TPSA) is 60.8 Å². The molecular weight excluding hydrogens is 218 g/mol. The van der Waals surface area contributed by atoms with E-state index in [1.807, 2.05) is 6.07 Å². The molecule has 2 N–H and O–H groups in total. The van der Waals surface area contributed by atoms with Crippen LogP contribution >= 0.6 is 0 Å². The summed E-state index contributed by atoms with van der Waals surface area (Å²) in [4.78, 5) is 13.7. The summed E-state index contributed by atoms with van der Waals surface area (Å²) >= 11 is 0. The van der Waals surface area contributed by atoms with Crippen LogP contribution in [-0.4, -0.2) is 40.2 Å². The number of rotatable bonds is 2. The molecule has 1 aromatic rings. The van der Waals surface area contributed by atoms with Gasteiger partial charge >= 0.3 is 0 Å². The Morgan fingerprint density at radius 1 is 1.35 bits per heavy atom. The Bertz CT molecular complexity index is 454. The first kappa shape index (κ1) is 10.6. The Morgan fingerprint density at radius 2 is 2.12 bits per heavy atom. The fraction of sp³-hybridized carbons (Fsp3) is 0.462. The van der Waals surface area contributed by atoms with Crippen LogP contribution in [0.2, 0.25) is 0 Å². The number of aromatic hydroxyl groups is 1. The summed E-state index contributed by atoms with van der Waals surface area (Å²) in [5.41, 5.74) is 1.03. The van der Waals surface area contributed by atoms with Gasteiger partial charge in [0, 0.05) is 19.0 Å². The highest BCUT2D eigenvalue weighted by Crippen LogP contribution is 2.49. The molecule has 1 saturated carbocycles. The monoisotopic (exact) mass is 233 g/mol.